The predicted molar refractivity (Wildman–Crippen MR) is 109 cm³/mol. The summed E-state index contributed by atoms with van der Waals surface area (Å²) in [5.41, 5.74) is -3.85. The predicted octanol–water partition coefficient (Wildman–Crippen LogP) is 2.40. The molecular formula is C20H20F7N5O3. The lowest BCUT2D eigenvalue weighted by atomic mass is 10.0. The van der Waals surface area contributed by atoms with Crippen LogP contribution < -0.4 is 16.1 Å². The Bertz CT molecular complexity index is 1210. The molecule has 1 aromatic carbocycles. The largest absolute Gasteiger partial charge is 0.417 e. The number of alkyl halides is 6. The molecule has 15 heteroatoms. The highest BCUT2D eigenvalue weighted by Crippen LogP contribution is 2.33. The minimum Gasteiger partial charge on any atom is -0.347 e. The van der Waals surface area contributed by atoms with E-state index in [-0.39, 0.29) is 32.0 Å². The molecule has 3 rings (SSSR count). The SMILES string of the molecule is Cn1c(=O)c(N2CCN(C(=O)c3cc(F)ccc3C(F)(F)F)CC2)nn(CCCC(F)(F)F)c1=O. The van der Waals surface area contributed by atoms with Gasteiger partial charge in [0.05, 0.1) is 11.1 Å². The molecule has 1 aliphatic heterocycles. The van der Waals surface area contributed by atoms with Crippen LogP contribution in [0, 0.1) is 5.82 Å². The standard InChI is InChI=1S/C20H20F7N5O3/c1-29-17(34)15(28-32(18(29)35)6-2-5-19(22,23)24)30-7-9-31(10-8-30)16(33)13-11-12(21)3-4-14(13)20(25,26)27/h3-4,11H,2,5-10H2,1H3. The van der Waals surface area contributed by atoms with Crippen molar-refractivity contribution in [3.8, 4) is 0 Å². The zero-order valence-electron chi connectivity index (χ0n) is 18.3. The van der Waals surface area contributed by atoms with Crippen molar-refractivity contribution in [1.29, 1.82) is 0 Å². The van der Waals surface area contributed by atoms with Crippen molar-refractivity contribution in [2.24, 2.45) is 7.05 Å². The second-order valence-electron chi connectivity index (χ2n) is 7.88. The minimum atomic E-state index is -4.88. The molecule has 8 nitrogen and oxygen atoms in total. The molecule has 0 atom stereocenters. The monoisotopic (exact) mass is 511 g/mol. The van der Waals surface area contributed by atoms with E-state index in [1.165, 1.54) is 4.90 Å². The number of carbonyl (C=O) groups excluding carboxylic acids is 1. The summed E-state index contributed by atoms with van der Waals surface area (Å²) in [6.07, 6.45) is -10.9. The highest BCUT2D eigenvalue weighted by atomic mass is 19.4. The van der Waals surface area contributed by atoms with Gasteiger partial charge in [-0.2, -0.15) is 26.3 Å². The molecule has 0 saturated carbocycles. The fraction of sp³-hybridized carbons (Fsp3) is 0.500. The topological polar surface area (TPSA) is 80.4 Å². The zero-order chi connectivity index (χ0) is 26.1. The maximum absolute atomic E-state index is 13.6. The molecule has 0 aliphatic carbocycles. The second kappa shape index (κ2) is 9.70. The first kappa shape index (κ1) is 26.2. The Morgan fingerprint density at radius 3 is 2.23 bits per heavy atom. The van der Waals surface area contributed by atoms with Gasteiger partial charge in [0.25, 0.3) is 11.5 Å². The van der Waals surface area contributed by atoms with E-state index in [1.54, 1.807) is 0 Å². The minimum absolute atomic E-state index is 0.0641. The Morgan fingerprint density at radius 1 is 1.03 bits per heavy atom. The van der Waals surface area contributed by atoms with Crippen LogP contribution in [0.1, 0.15) is 28.8 Å². The van der Waals surface area contributed by atoms with Crippen LogP contribution in [0.3, 0.4) is 0 Å². The van der Waals surface area contributed by atoms with Crippen molar-refractivity contribution >= 4 is 11.7 Å². The quantitative estimate of drug-likeness (QED) is 0.577. The number of nitrogens with zero attached hydrogens (tertiary/aromatic N) is 5. The van der Waals surface area contributed by atoms with Crippen molar-refractivity contribution < 1.29 is 35.5 Å². The summed E-state index contributed by atoms with van der Waals surface area (Å²) in [5, 5.41) is 3.89. The van der Waals surface area contributed by atoms with Gasteiger partial charge in [0.15, 0.2) is 0 Å². The molecule has 0 N–H and O–H groups in total. The third kappa shape index (κ3) is 6.00. The molecule has 0 unspecified atom stereocenters. The summed E-state index contributed by atoms with van der Waals surface area (Å²) in [5.74, 6) is -2.30. The van der Waals surface area contributed by atoms with E-state index in [0.717, 1.165) is 16.6 Å². The third-order valence-electron chi connectivity index (χ3n) is 5.43. The number of amides is 1. The van der Waals surface area contributed by atoms with Crippen LogP contribution in [-0.4, -0.2) is 57.5 Å². The average Bonchev–Trinajstić information content (AvgIpc) is 2.77. The maximum Gasteiger partial charge on any atom is 0.417 e. The molecule has 1 amide bonds. The third-order valence-corrected chi connectivity index (χ3v) is 5.43. The summed E-state index contributed by atoms with van der Waals surface area (Å²) in [6, 6.07) is 1.59. The van der Waals surface area contributed by atoms with Crippen molar-refractivity contribution in [3.05, 3.63) is 56.0 Å². The van der Waals surface area contributed by atoms with Crippen LogP contribution in [0.15, 0.2) is 27.8 Å². The number of hydrogen-bond acceptors (Lipinski definition) is 5. The summed E-state index contributed by atoms with van der Waals surface area (Å²) in [4.78, 5) is 39.9. The molecule has 1 aromatic heterocycles. The number of carbonyl (C=O) groups is 1. The Labute approximate surface area is 193 Å². The van der Waals surface area contributed by atoms with E-state index in [2.05, 4.69) is 5.10 Å². The molecule has 192 valence electrons. The molecule has 35 heavy (non-hydrogen) atoms. The lowest BCUT2D eigenvalue weighted by molar-refractivity contribution is -0.138. The van der Waals surface area contributed by atoms with Crippen molar-refractivity contribution in [2.45, 2.75) is 31.7 Å². The van der Waals surface area contributed by atoms with Gasteiger partial charge in [-0.15, -0.1) is 5.10 Å². The fourth-order valence-corrected chi connectivity index (χ4v) is 3.62. The van der Waals surface area contributed by atoms with Crippen LogP contribution in [0.2, 0.25) is 0 Å². The van der Waals surface area contributed by atoms with E-state index in [0.29, 0.717) is 22.8 Å². The van der Waals surface area contributed by atoms with Gasteiger partial charge in [-0.25, -0.2) is 13.9 Å². The molecule has 0 radical (unpaired) electrons. The smallest absolute Gasteiger partial charge is 0.347 e. The van der Waals surface area contributed by atoms with Crippen molar-refractivity contribution in [3.63, 3.8) is 0 Å². The number of halogens is 7. The molecule has 1 aliphatic rings. The van der Waals surface area contributed by atoms with Gasteiger partial charge < -0.3 is 9.80 Å². The van der Waals surface area contributed by atoms with Gasteiger partial charge in [0, 0.05) is 46.2 Å². The van der Waals surface area contributed by atoms with Gasteiger partial charge in [0.2, 0.25) is 5.82 Å². The molecule has 0 spiro atoms. The molecular weight excluding hydrogens is 491 g/mol. The van der Waals surface area contributed by atoms with E-state index in [1.807, 2.05) is 0 Å². The van der Waals surface area contributed by atoms with E-state index in [4.69, 9.17) is 0 Å². The first-order chi connectivity index (χ1) is 16.2. The number of anilines is 1. The highest BCUT2D eigenvalue weighted by molar-refractivity contribution is 5.96. The number of hydrogen-bond donors (Lipinski definition) is 0. The summed E-state index contributed by atoms with van der Waals surface area (Å²) in [6.45, 7) is -0.816. The number of rotatable bonds is 5. The van der Waals surface area contributed by atoms with E-state index >= 15 is 0 Å². The molecule has 1 fully saturated rings. The lowest BCUT2D eigenvalue weighted by Gasteiger charge is -2.35. The summed E-state index contributed by atoms with van der Waals surface area (Å²) < 4.78 is 92.0. The van der Waals surface area contributed by atoms with Crippen LogP contribution >= 0.6 is 0 Å². The van der Waals surface area contributed by atoms with Gasteiger partial charge in [-0.05, 0) is 24.6 Å². The summed E-state index contributed by atoms with van der Waals surface area (Å²) in [7, 11) is 1.14. The number of aryl methyl sites for hydroxylation is 1. The number of benzene rings is 1. The molecule has 2 heterocycles. The Hall–Kier alpha value is -3.39. The fourth-order valence-electron chi connectivity index (χ4n) is 3.62. The molecule has 1 saturated heterocycles. The van der Waals surface area contributed by atoms with Crippen LogP contribution in [-0.2, 0) is 19.8 Å². The zero-order valence-corrected chi connectivity index (χ0v) is 18.3. The van der Waals surface area contributed by atoms with E-state index in [9.17, 15) is 45.1 Å². The van der Waals surface area contributed by atoms with Gasteiger partial charge >= 0.3 is 18.0 Å². The average molecular weight is 511 g/mol. The van der Waals surface area contributed by atoms with Crippen LogP contribution in [0.25, 0.3) is 0 Å². The molecule has 2 aromatic rings. The number of piperazine rings is 1. The second-order valence-corrected chi connectivity index (χ2v) is 7.88. The van der Waals surface area contributed by atoms with E-state index < -0.39 is 65.8 Å². The Kier molecular flexibility index (Phi) is 7.26. The van der Waals surface area contributed by atoms with Crippen molar-refractivity contribution in [1.82, 2.24) is 19.2 Å². The Balaban J connectivity index is 1.78. The number of aromatic nitrogens is 3. The van der Waals surface area contributed by atoms with Gasteiger partial charge in [-0.3, -0.25) is 14.2 Å². The van der Waals surface area contributed by atoms with Crippen LogP contribution in [0.5, 0.6) is 0 Å². The molecule has 0 bridgehead atoms. The first-order valence-electron chi connectivity index (χ1n) is 10.3. The lowest BCUT2D eigenvalue weighted by Crippen LogP contribution is -2.52. The maximum atomic E-state index is 13.6. The first-order valence-corrected chi connectivity index (χ1v) is 10.3. The summed E-state index contributed by atoms with van der Waals surface area (Å²) >= 11 is 0. The van der Waals surface area contributed by atoms with Crippen molar-refractivity contribution in [2.75, 3.05) is 31.1 Å². The highest BCUT2D eigenvalue weighted by Gasteiger charge is 2.37. The van der Waals surface area contributed by atoms with Gasteiger partial charge in [0.1, 0.15) is 5.82 Å². The van der Waals surface area contributed by atoms with Crippen LogP contribution in [0.4, 0.5) is 36.6 Å². The Morgan fingerprint density at radius 2 is 1.66 bits per heavy atom. The normalized spacial score (nSPS) is 15.0. The van der Waals surface area contributed by atoms with Gasteiger partial charge in [-0.1, -0.05) is 0 Å².